The molecule has 0 saturated heterocycles. The van der Waals surface area contributed by atoms with Gasteiger partial charge >= 0.3 is 12.2 Å². The fourth-order valence-corrected chi connectivity index (χ4v) is 1.57. The fourth-order valence-electron chi connectivity index (χ4n) is 1.57. The highest BCUT2D eigenvalue weighted by Gasteiger charge is 2.33. The number of H-pyrrole nitrogens is 1. The Kier molecular flexibility index (Phi) is 3.80. The van der Waals surface area contributed by atoms with Crippen molar-refractivity contribution in [2.45, 2.75) is 6.18 Å². The summed E-state index contributed by atoms with van der Waals surface area (Å²) < 4.78 is 38.3. The highest BCUT2D eigenvalue weighted by Crippen LogP contribution is 2.34. The van der Waals surface area contributed by atoms with Crippen molar-refractivity contribution in [3.05, 3.63) is 41.6 Å². The summed E-state index contributed by atoms with van der Waals surface area (Å²) in [5, 5.41) is 18.9. The van der Waals surface area contributed by atoms with Crippen LogP contribution in [0.4, 0.5) is 29.5 Å². The monoisotopic (exact) mass is 295 g/mol. The lowest BCUT2D eigenvalue weighted by atomic mass is 10.1. The molecule has 1 aromatic heterocycles. The molecule has 1 heterocycles. The summed E-state index contributed by atoms with van der Waals surface area (Å²) in [4.78, 5) is 11.7. The van der Waals surface area contributed by atoms with Crippen molar-refractivity contribution < 1.29 is 18.0 Å². The lowest BCUT2D eigenvalue weighted by Crippen LogP contribution is -2.22. The summed E-state index contributed by atoms with van der Waals surface area (Å²) in [7, 11) is 0. The van der Waals surface area contributed by atoms with Gasteiger partial charge in [0.25, 0.3) is 0 Å². The van der Waals surface area contributed by atoms with Crippen LogP contribution in [0.2, 0.25) is 0 Å². The van der Waals surface area contributed by atoms with Gasteiger partial charge in [0, 0.05) is 0 Å². The average molecular weight is 295 g/mol. The van der Waals surface area contributed by atoms with Crippen molar-refractivity contribution in [1.82, 2.24) is 10.2 Å². The minimum absolute atomic E-state index is 0.000472. The molecule has 0 aliphatic heterocycles. The molecular weight excluding hydrogens is 287 g/mol. The van der Waals surface area contributed by atoms with E-state index in [1.165, 1.54) is 18.3 Å². The number of nitrogens with zero attached hydrogens (tertiary/aromatic N) is 2. The Morgan fingerprint density at radius 2 is 2.00 bits per heavy atom. The molecule has 9 heteroatoms. The van der Waals surface area contributed by atoms with Gasteiger partial charge in [-0.1, -0.05) is 12.1 Å². The van der Waals surface area contributed by atoms with Gasteiger partial charge in [-0.15, -0.1) is 0 Å². The Morgan fingerprint density at radius 1 is 1.29 bits per heavy atom. The van der Waals surface area contributed by atoms with E-state index in [1.54, 1.807) is 6.07 Å². The zero-order valence-corrected chi connectivity index (χ0v) is 10.3. The van der Waals surface area contributed by atoms with Crippen LogP contribution in [0.1, 0.15) is 11.1 Å². The predicted octanol–water partition coefficient (Wildman–Crippen LogP) is 2.94. The van der Waals surface area contributed by atoms with Crippen molar-refractivity contribution in [2.24, 2.45) is 0 Å². The van der Waals surface area contributed by atoms with Gasteiger partial charge in [-0.3, -0.25) is 10.4 Å². The molecule has 0 fully saturated rings. The number of benzene rings is 1. The molecule has 1 aromatic carbocycles. The minimum Gasteiger partial charge on any atom is -0.307 e. The van der Waals surface area contributed by atoms with Crippen LogP contribution in [0.3, 0.4) is 0 Å². The van der Waals surface area contributed by atoms with Crippen LogP contribution in [0.5, 0.6) is 0 Å². The standard InChI is InChI=1S/C12H8F3N5O/c13-12(14,15)8-3-1-2-4-9(8)18-11(21)19-10-7(5-16)6-17-20-10/h1-4,6H,(H3,17,18,19,20,21). The van der Waals surface area contributed by atoms with Crippen molar-refractivity contribution in [2.75, 3.05) is 10.6 Å². The number of nitrogens with one attached hydrogen (secondary N) is 3. The Hall–Kier alpha value is -3.02. The van der Waals surface area contributed by atoms with E-state index in [0.29, 0.717) is 0 Å². The van der Waals surface area contributed by atoms with Crippen LogP contribution in [-0.4, -0.2) is 16.2 Å². The van der Waals surface area contributed by atoms with E-state index in [2.05, 4.69) is 20.8 Å². The zero-order chi connectivity index (χ0) is 15.5. The van der Waals surface area contributed by atoms with Gasteiger partial charge in [0.05, 0.1) is 17.4 Å². The van der Waals surface area contributed by atoms with E-state index in [1.807, 2.05) is 0 Å². The summed E-state index contributed by atoms with van der Waals surface area (Å²) >= 11 is 0. The first kappa shape index (κ1) is 14.4. The third-order valence-electron chi connectivity index (χ3n) is 2.48. The van der Waals surface area contributed by atoms with Crippen molar-refractivity contribution in [1.29, 1.82) is 5.26 Å². The number of aromatic nitrogens is 2. The maximum absolute atomic E-state index is 12.8. The Morgan fingerprint density at radius 3 is 2.67 bits per heavy atom. The summed E-state index contributed by atoms with van der Waals surface area (Å²) in [6.45, 7) is 0. The van der Waals surface area contributed by atoms with E-state index in [0.717, 1.165) is 12.1 Å². The molecule has 2 rings (SSSR count). The molecule has 2 amide bonds. The molecular formula is C12H8F3N5O. The number of nitriles is 1. The molecule has 0 unspecified atom stereocenters. The van der Waals surface area contributed by atoms with Gasteiger partial charge < -0.3 is 5.32 Å². The van der Waals surface area contributed by atoms with E-state index < -0.39 is 17.8 Å². The number of hydrogen-bond donors (Lipinski definition) is 3. The van der Waals surface area contributed by atoms with Crippen molar-refractivity contribution in [3.63, 3.8) is 0 Å². The molecule has 21 heavy (non-hydrogen) atoms. The highest BCUT2D eigenvalue weighted by molar-refractivity contribution is 6.00. The van der Waals surface area contributed by atoms with Crippen LogP contribution < -0.4 is 10.6 Å². The van der Waals surface area contributed by atoms with Crippen LogP contribution in [0.15, 0.2) is 30.5 Å². The van der Waals surface area contributed by atoms with Gasteiger partial charge in [0.1, 0.15) is 17.5 Å². The molecule has 0 bridgehead atoms. The SMILES string of the molecule is N#Cc1cn[nH]c1NC(=O)Nc1ccccc1C(F)(F)F. The zero-order valence-electron chi connectivity index (χ0n) is 10.3. The minimum atomic E-state index is -4.59. The molecule has 0 aliphatic carbocycles. The Balaban J connectivity index is 2.16. The lowest BCUT2D eigenvalue weighted by molar-refractivity contribution is -0.136. The van der Waals surface area contributed by atoms with Crippen LogP contribution in [0.25, 0.3) is 0 Å². The Bertz CT molecular complexity index is 701. The maximum atomic E-state index is 12.8. The van der Waals surface area contributed by atoms with E-state index >= 15 is 0 Å². The second kappa shape index (κ2) is 5.54. The summed E-state index contributed by atoms with van der Waals surface area (Å²) in [5.41, 5.74) is -1.29. The average Bonchev–Trinajstić information content (AvgIpc) is 2.85. The lowest BCUT2D eigenvalue weighted by Gasteiger charge is -2.13. The second-order valence-electron chi connectivity index (χ2n) is 3.89. The van der Waals surface area contributed by atoms with Gasteiger partial charge in [-0.05, 0) is 12.1 Å². The summed E-state index contributed by atoms with van der Waals surface area (Å²) in [5.74, 6) is -0.000472. The molecule has 108 valence electrons. The molecule has 2 aromatic rings. The predicted molar refractivity (Wildman–Crippen MR) is 67.4 cm³/mol. The smallest absolute Gasteiger partial charge is 0.307 e. The van der Waals surface area contributed by atoms with Gasteiger partial charge in [0.2, 0.25) is 0 Å². The quantitative estimate of drug-likeness (QED) is 0.795. The van der Waals surface area contributed by atoms with Crippen molar-refractivity contribution >= 4 is 17.5 Å². The number of para-hydroxylation sites is 1. The molecule has 6 nitrogen and oxygen atoms in total. The third-order valence-corrected chi connectivity index (χ3v) is 2.48. The Labute approximate surface area is 116 Å². The van der Waals surface area contributed by atoms with Crippen LogP contribution >= 0.6 is 0 Å². The highest BCUT2D eigenvalue weighted by atomic mass is 19.4. The van der Waals surface area contributed by atoms with Crippen LogP contribution in [-0.2, 0) is 6.18 Å². The number of hydrogen-bond acceptors (Lipinski definition) is 3. The first-order valence-corrected chi connectivity index (χ1v) is 5.59. The van der Waals surface area contributed by atoms with Crippen LogP contribution in [0, 0.1) is 11.3 Å². The van der Waals surface area contributed by atoms with E-state index in [4.69, 9.17) is 5.26 Å². The first-order chi connectivity index (χ1) is 9.91. The van der Waals surface area contributed by atoms with E-state index in [-0.39, 0.29) is 17.1 Å². The van der Waals surface area contributed by atoms with E-state index in [9.17, 15) is 18.0 Å². The molecule has 3 N–H and O–H groups in total. The normalized spacial score (nSPS) is 10.8. The largest absolute Gasteiger partial charge is 0.418 e. The maximum Gasteiger partial charge on any atom is 0.418 e. The molecule has 0 spiro atoms. The number of carbonyl (C=O) groups excluding carboxylic acids is 1. The number of alkyl halides is 3. The summed E-state index contributed by atoms with van der Waals surface area (Å²) in [6.07, 6.45) is -3.41. The van der Waals surface area contributed by atoms with Gasteiger partial charge in [0.15, 0.2) is 0 Å². The number of amides is 2. The van der Waals surface area contributed by atoms with Gasteiger partial charge in [-0.25, -0.2) is 4.79 Å². The fraction of sp³-hybridized carbons (Fsp3) is 0.0833. The molecule has 0 atom stereocenters. The number of carbonyl (C=O) groups is 1. The van der Waals surface area contributed by atoms with Crippen molar-refractivity contribution in [3.8, 4) is 6.07 Å². The molecule has 0 saturated carbocycles. The number of urea groups is 1. The number of halogens is 3. The molecule has 0 radical (unpaired) electrons. The number of rotatable bonds is 2. The first-order valence-electron chi connectivity index (χ1n) is 5.59. The number of aromatic amines is 1. The topological polar surface area (TPSA) is 93.6 Å². The number of anilines is 2. The van der Waals surface area contributed by atoms with Gasteiger partial charge in [-0.2, -0.15) is 23.5 Å². The molecule has 0 aliphatic rings. The summed E-state index contributed by atoms with van der Waals surface area (Å²) in [6, 6.07) is 5.40. The second-order valence-corrected chi connectivity index (χ2v) is 3.89. The third kappa shape index (κ3) is 3.30.